The molecule has 1 aromatic rings. The minimum atomic E-state index is 0.0563. The average molecular weight is 285 g/mol. The van der Waals surface area contributed by atoms with Gasteiger partial charge in [-0.3, -0.25) is 4.79 Å². The Morgan fingerprint density at radius 2 is 2.37 bits per heavy atom. The van der Waals surface area contributed by atoms with Gasteiger partial charge in [0.25, 0.3) is 5.91 Å². The SMILES string of the molecule is CCCn1cc(Cl)cc1C(=O)N1CCC(CCO)C1. The van der Waals surface area contributed by atoms with Gasteiger partial charge in [-0.25, -0.2) is 0 Å². The first-order chi connectivity index (χ1) is 9.15. The lowest BCUT2D eigenvalue weighted by molar-refractivity contribution is 0.0774. The van der Waals surface area contributed by atoms with Gasteiger partial charge in [0.2, 0.25) is 0 Å². The zero-order valence-electron chi connectivity index (χ0n) is 11.3. The summed E-state index contributed by atoms with van der Waals surface area (Å²) >= 11 is 6.01. The number of carbonyl (C=O) groups is 1. The number of aliphatic hydroxyl groups excluding tert-OH is 1. The summed E-state index contributed by atoms with van der Waals surface area (Å²) in [7, 11) is 0. The lowest BCUT2D eigenvalue weighted by Crippen LogP contribution is -2.30. The first-order valence-corrected chi connectivity index (χ1v) is 7.29. The van der Waals surface area contributed by atoms with Crippen molar-refractivity contribution in [3.8, 4) is 0 Å². The molecule has 2 heterocycles. The lowest BCUT2D eigenvalue weighted by Gasteiger charge is -2.17. The van der Waals surface area contributed by atoms with Crippen LogP contribution in [0, 0.1) is 5.92 Å². The summed E-state index contributed by atoms with van der Waals surface area (Å²) in [6.45, 7) is 4.61. The number of hydrogen-bond acceptors (Lipinski definition) is 2. The summed E-state index contributed by atoms with van der Waals surface area (Å²) in [6.07, 6.45) is 4.55. The normalized spacial score (nSPS) is 19.1. The molecule has 1 aromatic heterocycles. The Bertz CT molecular complexity index is 445. The molecular weight excluding hydrogens is 264 g/mol. The number of aromatic nitrogens is 1. The Kier molecular flexibility index (Phi) is 4.88. The maximum absolute atomic E-state index is 12.5. The van der Waals surface area contributed by atoms with E-state index in [1.165, 1.54) is 0 Å². The lowest BCUT2D eigenvalue weighted by atomic mass is 10.1. The highest BCUT2D eigenvalue weighted by Gasteiger charge is 2.28. The molecule has 1 saturated heterocycles. The number of aliphatic hydroxyl groups is 1. The maximum atomic E-state index is 12.5. The van der Waals surface area contributed by atoms with Gasteiger partial charge in [0.1, 0.15) is 5.69 Å². The molecule has 19 heavy (non-hydrogen) atoms. The quantitative estimate of drug-likeness (QED) is 0.902. The van der Waals surface area contributed by atoms with Crippen molar-refractivity contribution in [2.45, 2.75) is 32.7 Å². The van der Waals surface area contributed by atoms with E-state index >= 15 is 0 Å². The Morgan fingerprint density at radius 1 is 1.58 bits per heavy atom. The van der Waals surface area contributed by atoms with Crippen LogP contribution in [0.15, 0.2) is 12.3 Å². The van der Waals surface area contributed by atoms with Gasteiger partial charge in [-0.1, -0.05) is 18.5 Å². The monoisotopic (exact) mass is 284 g/mol. The van der Waals surface area contributed by atoms with E-state index in [2.05, 4.69) is 6.92 Å². The second-order valence-electron chi connectivity index (χ2n) is 5.16. The standard InChI is InChI=1S/C14H21ClN2O2/c1-2-5-16-10-12(15)8-13(16)14(19)17-6-3-11(9-17)4-7-18/h8,10-11,18H,2-7,9H2,1H3. The van der Waals surface area contributed by atoms with E-state index < -0.39 is 0 Å². The van der Waals surface area contributed by atoms with E-state index in [1.807, 2.05) is 15.7 Å². The van der Waals surface area contributed by atoms with Crippen LogP contribution in [0.5, 0.6) is 0 Å². The molecule has 0 bridgehead atoms. The zero-order valence-corrected chi connectivity index (χ0v) is 12.1. The van der Waals surface area contributed by atoms with Gasteiger partial charge in [0.05, 0.1) is 5.02 Å². The van der Waals surface area contributed by atoms with Crippen molar-refractivity contribution < 1.29 is 9.90 Å². The van der Waals surface area contributed by atoms with E-state index in [4.69, 9.17) is 16.7 Å². The fraction of sp³-hybridized carbons (Fsp3) is 0.643. The summed E-state index contributed by atoms with van der Waals surface area (Å²) < 4.78 is 1.93. The van der Waals surface area contributed by atoms with E-state index in [-0.39, 0.29) is 12.5 Å². The third-order valence-electron chi connectivity index (χ3n) is 3.66. The molecule has 0 saturated carbocycles. The topological polar surface area (TPSA) is 45.5 Å². The molecule has 1 aliphatic heterocycles. The molecule has 1 unspecified atom stereocenters. The Labute approximate surface area is 119 Å². The molecule has 1 fully saturated rings. The summed E-state index contributed by atoms with van der Waals surface area (Å²) in [5, 5.41) is 9.57. The number of likely N-dealkylation sites (tertiary alicyclic amines) is 1. The molecule has 0 aliphatic carbocycles. The number of nitrogens with zero attached hydrogens (tertiary/aromatic N) is 2. The molecule has 1 atom stereocenters. The van der Waals surface area contributed by atoms with Gasteiger partial charge < -0.3 is 14.6 Å². The fourth-order valence-corrected chi connectivity index (χ4v) is 2.90. The van der Waals surface area contributed by atoms with E-state index in [0.29, 0.717) is 16.6 Å². The predicted octanol–water partition coefficient (Wildman–Crippen LogP) is 2.40. The van der Waals surface area contributed by atoms with Crippen LogP contribution in [0.3, 0.4) is 0 Å². The summed E-state index contributed by atoms with van der Waals surface area (Å²) in [5.74, 6) is 0.486. The Balaban J connectivity index is 2.07. The molecule has 0 spiro atoms. The molecular formula is C14H21ClN2O2. The predicted molar refractivity (Wildman–Crippen MR) is 75.4 cm³/mol. The van der Waals surface area contributed by atoms with Crippen molar-refractivity contribution in [1.29, 1.82) is 0 Å². The Morgan fingerprint density at radius 3 is 3.05 bits per heavy atom. The fourth-order valence-electron chi connectivity index (χ4n) is 2.68. The third-order valence-corrected chi connectivity index (χ3v) is 3.86. The van der Waals surface area contributed by atoms with Gasteiger partial charge in [-0.2, -0.15) is 0 Å². The average Bonchev–Trinajstić information content (AvgIpc) is 2.97. The summed E-state index contributed by atoms with van der Waals surface area (Å²) in [6, 6.07) is 1.75. The third kappa shape index (κ3) is 3.31. The first kappa shape index (κ1) is 14.4. The number of aryl methyl sites for hydroxylation is 1. The molecule has 1 amide bonds. The second kappa shape index (κ2) is 6.44. The van der Waals surface area contributed by atoms with Crippen LogP contribution < -0.4 is 0 Å². The van der Waals surface area contributed by atoms with Crippen molar-refractivity contribution in [2.75, 3.05) is 19.7 Å². The number of halogens is 1. The smallest absolute Gasteiger partial charge is 0.270 e. The highest BCUT2D eigenvalue weighted by atomic mass is 35.5. The van der Waals surface area contributed by atoms with Crippen LogP contribution in [0.1, 0.15) is 36.7 Å². The molecule has 5 heteroatoms. The van der Waals surface area contributed by atoms with Crippen LogP contribution in [-0.4, -0.2) is 40.2 Å². The molecule has 106 valence electrons. The minimum Gasteiger partial charge on any atom is -0.396 e. The molecule has 2 rings (SSSR count). The summed E-state index contributed by atoms with van der Waals surface area (Å²) in [5.41, 5.74) is 0.677. The molecule has 1 N–H and O–H groups in total. The van der Waals surface area contributed by atoms with Crippen molar-refractivity contribution in [1.82, 2.24) is 9.47 Å². The maximum Gasteiger partial charge on any atom is 0.270 e. The van der Waals surface area contributed by atoms with E-state index in [0.717, 1.165) is 38.9 Å². The van der Waals surface area contributed by atoms with Gasteiger partial charge in [0.15, 0.2) is 0 Å². The highest BCUT2D eigenvalue weighted by Crippen LogP contribution is 2.23. The van der Waals surface area contributed by atoms with Crippen molar-refractivity contribution in [3.05, 3.63) is 23.0 Å². The van der Waals surface area contributed by atoms with Crippen LogP contribution >= 0.6 is 11.6 Å². The van der Waals surface area contributed by atoms with Crippen LogP contribution in [0.2, 0.25) is 5.02 Å². The molecule has 1 aliphatic rings. The number of amides is 1. The number of carbonyl (C=O) groups excluding carboxylic acids is 1. The largest absolute Gasteiger partial charge is 0.396 e. The minimum absolute atomic E-state index is 0.0563. The Hall–Kier alpha value is -1.00. The first-order valence-electron chi connectivity index (χ1n) is 6.91. The van der Waals surface area contributed by atoms with Crippen LogP contribution in [0.4, 0.5) is 0 Å². The van der Waals surface area contributed by atoms with Gasteiger partial charge in [-0.05, 0) is 31.2 Å². The van der Waals surface area contributed by atoms with Gasteiger partial charge >= 0.3 is 0 Å². The van der Waals surface area contributed by atoms with Gasteiger partial charge in [0, 0.05) is 32.4 Å². The molecule has 0 aromatic carbocycles. The van der Waals surface area contributed by atoms with Crippen LogP contribution in [0.25, 0.3) is 0 Å². The summed E-state index contributed by atoms with van der Waals surface area (Å²) in [4.78, 5) is 14.4. The van der Waals surface area contributed by atoms with Crippen molar-refractivity contribution in [2.24, 2.45) is 5.92 Å². The van der Waals surface area contributed by atoms with E-state index in [1.54, 1.807) is 6.07 Å². The van der Waals surface area contributed by atoms with Crippen molar-refractivity contribution in [3.63, 3.8) is 0 Å². The molecule has 0 radical (unpaired) electrons. The highest BCUT2D eigenvalue weighted by molar-refractivity contribution is 6.31. The van der Waals surface area contributed by atoms with Gasteiger partial charge in [-0.15, -0.1) is 0 Å². The number of hydrogen-bond donors (Lipinski definition) is 1. The second-order valence-corrected chi connectivity index (χ2v) is 5.59. The van der Waals surface area contributed by atoms with E-state index in [9.17, 15) is 4.79 Å². The zero-order chi connectivity index (χ0) is 13.8. The molecule has 4 nitrogen and oxygen atoms in total. The van der Waals surface area contributed by atoms with Crippen LogP contribution in [-0.2, 0) is 6.54 Å². The van der Waals surface area contributed by atoms with Crippen molar-refractivity contribution >= 4 is 17.5 Å². The number of rotatable bonds is 5.